The number of sulfonamides is 1. The molecule has 3 N–H and O–H groups in total. The van der Waals surface area contributed by atoms with Gasteiger partial charge in [-0.3, -0.25) is 4.72 Å². The van der Waals surface area contributed by atoms with E-state index in [1.165, 1.54) is 13.2 Å². The van der Waals surface area contributed by atoms with E-state index in [1.54, 1.807) is 42.5 Å². The maximum atomic E-state index is 12.3. The maximum Gasteiger partial charge on any atom is 0.261 e. The van der Waals surface area contributed by atoms with Gasteiger partial charge in [0.05, 0.1) is 17.7 Å². The summed E-state index contributed by atoms with van der Waals surface area (Å²) in [5, 5.41) is 0. The molecule has 0 aromatic heterocycles. The number of methoxy groups -OCH3 is 1. The molecule has 6 heteroatoms. The third-order valence-electron chi connectivity index (χ3n) is 2.77. The van der Waals surface area contributed by atoms with Crippen LogP contribution >= 0.6 is 0 Å². The van der Waals surface area contributed by atoms with Crippen LogP contribution in [-0.4, -0.2) is 15.5 Å². The Morgan fingerprint density at radius 2 is 1.90 bits per heavy atom. The molecule has 0 saturated heterocycles. The molecule has 0 saturated carbocycles. The summed E-state index contributed by atoms with van der Waals surface area (Å²) in [5.74, 6) is 0.584. The van der Waals surface area contributed by atoms with Gasteiger partial charge < -0.3 is 10.5 Å². The van der Waals surface area contributed by atoms with Gasteiger partial charge in [-0.25, -0.2) is 8.42 Å². The molecule has 106 valence electrons. The number of nitrogens with two attached hydrogens (primary N) is 1. The van der Waals surface area contributed by atoms with Crippen molar-refractivity contribution < 1.29 is 13.2 Å². The van der Waals surface area contributed by atoms with Crippen molar-refractivity contribution in [2.45, 2.75) is 11.4 Å². The summed E-state index contributed by atoms with van der Waals surface area (Å²) in [5.41, 5.74) is 6.73. The molecular formula is C14H16N2O3S. The fraction of sp³-hybridized carbons (Fsp3) is 0.143. The minimum absolute atomic E-state index is 0.184. The van der Waals surface area contributed by atoms with Crippen LogP contribution in [-0.2, 0) is 16.6 Å². The SMILES string of the molecule is COc1cccc(NS(=O)(=O)c2cccc(CN)c2)c1. The lowest BCUT2D eigenvalue weighted by molar-refractivity contribution is 0.415. The van der Waals surface area contributed by atoms with E-state index in [2.05, 4.69) is 4.72 Å². The summed E-state index contributed by atoms with van der Waals surface area (Å²) in [4.78, 5) is 0.184. The van der Waals surface area contributed by atoms with E-state index >= 15 is 0 Å². The van der Waals surface area contributed by atoms with Gasteiger partial charge in [-0.1, -0.05) is 18.2 Å². The van der Waals surface area contributed by atoms with Crippen LogP contribution < -0.4 is 15.2 Å². The number of anilines is 1. The number of ether oxygens (including phenoxy) is 1. The van der Waals surface area contributed by atoms with Gasteiger partial charge in [-0.15, -0.1) is 0 Å². The van der Waals surface area contributed by atoms with Crippen molar-refractivity contribution in [3.63, 3.8) is 0 Å². The van der Waals surface area contributed by atoms with E-state index in [1.807, 2.05) is 0 Å². The Morgan fingerprint density at radius 3 is 2.60 bits per heavy atom. The fourth-order valence-corrected chi connectivity index (χ4v) is 2.86. The van der Waals surface area contributed by atoms with Crippen LogP contribution in [0.25, 0.3) is 0 Å². The van der Waals surface area contributed by atoms with Crippen LogP contribution in [0.1, 0.15) is 5.56 Å². The molecule has 5 nitrogen and oxygen atoms in total. The Hall–Kier alpha value is -2.05. The van der Waals surface area contributed by atoms with Crippen LogP contribution in [0.3, 0.4) is 0 Å². The predicted octanol–water partition coefficient (Wildman–Crippen LogP) is 1.95. The predicted molar refractivity (Wildman–Crippen MR) is 78.1 cm³/mol. The van der Waals surface area contributed by atoms with Crippen LogP contribution in [0.5, 0.6) is 5.75 Å². The van der Waals surface area contributed by atoms with E-state index in [-0.39, 0.29) is 4.90 Å². The minimum Gasteiger partial charge on any atom is -0.497 e. The van der Waals surface area contributed by atoms with Crippen molar-refractivity contribution in [2.75, 3.05) is 11.8 Å². The maximum absolute atomic E-state index is 12.3. The highest BCUT2D eigenvalue weighted by molar-refractivity contribution is 7.92. The fourth-order valence-electron chi connectivity index (χ4n) is 1.74. The molecule has 0 fully saturated rings. The van der Waals surface area contributed by atoms with Gasteiger partial charge in [0.15, 0.2) is 0 Å². The molecular weight excluding hydrogens is 276 g/mol. The molecule has 0 spiro atoms. The third kappa shape index (κ3) is 3.28. The molecule has 0 heterocycles. The van der Waals surface area contributed by atoms with Gasteiger partial charge in [-0.2, -0.15) is 0 Å². The molecule has 0 aliphatic heterocycles. The molecule has 0 unspecified atom stereocenters. The molecule has 0 radical (unpaired) electrons. The third-order valence-corrected chi connectivity index (χ3v) is 4.15. The largest absolute Gasteiger partial charge is 0.497 e. The summed E-state index contributed by atoms with van der Waals surface area (Å²) >= 11 is 0. The topological polar surface area (TPSA) is 81.4 Å². The number of hydrogen-bond acceptors (Lipinski definition) is 4. The van der Waals surface area contributed by atoms with E-state index in [4.69, 9.17) is 10.5 Å². The van der Waals surface area contributed by atoms with Crippen molar-refractivity contribution in [1.29, 1.82) is 0 Å². The highest BCUT2D eigenvalue weighted by Crippen LogP contribution is 2.21. The van der Waals surface area contributed by atoms with Crippen molar-refractivity contribution in [1.82, 2.24) is 0 Å². The Labute approximate surface area is 118 Å². The summed E-state index contributed by atoms with van der Waals surface area (Å²) in [6.45, 7) is 0.294. The van der Waals surface area contributed by atoms with Gasteiger partial charge in [0, 0.05) is 12.6 Å². The smallest absolute Gasteiger partial charge is 0.261 e. The van der Waals surface area contributed by atoms with Crippen molar-refractivity contribution in [3.8, 4) is 5.75 Å². The van der Waals surface area contributed by atoms with Crippen LogP contribution in [0.15, 0.2) is 53.4 Å². The molecule has 0 aliphatic carbocycles. The standard InChI is InChI=1S/C14H16N2O3S/c1-19-13-6-3-5-12(9-13)16-20(17,18)14-7-2-4-11(8-14)10-15/h2-9,16H,10,15H2,1H3. The highest BCUT2D eigenvalue weighted by atomic mass is 32.2. The molecule has 2 rings (SSSR count). The normalized spacial score (nSPS) is 11.1. The van der Waals surface area contributed by atoms with Crippen LogP contribution in [0.4, 0.5) is 5.69 Å². The van der Waals surface area contributed by atoms with Gasteiger partial charge in [0.1, 0.15) is 5.75 Å². The lowest BCUT2D eigenvalue weighted by Crippen LogP contribution is -2.13. The number of rotatable bonds is 5. The average molecular weight is 292 g/mol. The molecule has 0 bridgehead atoms. The summed E-state index contributed by atoms with van der Waals surface area (Å²) in [6.07, 6.45) is 0. The van der Waals surface area contributed by atoms with Crippen LogP contribution in [0.2, 0.25) is 0 Å². The van der Waals surface area contributed by atoms with Gasteiger partial charge in [0.25, 0.3) is 10.0 Å². The highest BCUT2D eigenvalue weighted by Gasteiger charge is 2.14. The molecule has 2 aromatic rings. The van der Waals surface area contributed by atoms with Gasteiger partial charge in [0.2, 0.25) is 0 Å². The first-order chi connectivity index (χ1) is 9.55. The Kier molecular flexibility index (Phi) is 4.26. The van der Waals surface area contributed by atoms with Gasteiger partial charge in [-0.05, 0) is 29.8 Å². The number of benzene rings is 2. The first-order valence-corrected chi connectivity index (χ1v) is 7.49. The number of hydrogen-bond donors (Lipinski definition) is 2. The summed E-state index contributed by atoms with van der Waals surface area (Å²) in [6, 6.07) is 13.3. The van der Waals surface area contributed by atoms with Crippen LogP contribution in [0, 0.1) is 0 Å². The molecule has 20 heavy (non-hydrogen) atoms. The van der Waals surface area contributed by atoms with Gasteiger partial charge >= 0.3 is 0 Å². The monoisotopic (exact) mass is 292 g/mol. The first-order valence-electron chi connectivity index (χ1n) is 6.01. The van der Waals surface area contributed by atoms with Crippen molar-refractivity contribution >= 4 is 15.7 Å². The second kappa shape index (κ2) is 5.94. The van der Waals surface area contributed by atoms with Crippen molar-refractivity contribution in [3.05, 3.63) is 54.1 Å². The lowest BCUT2D eigenvalue weighted by Gasteiger charge is -2.10. The second-order valence-corrected chi connectivity index (χ2v) is 5.87. The molecule has 2 aromatic carbocycles. The lowest BCUT2D eigenvalue weighted by atomic mass is 10.2. The second-order valence-electron chi connectivity index (χ2n) is 4.19. The zero-order chi connectivity index (χ0) is 14.6. The Bertz CT molecular complexity index is 699. The quantitative estimate of drug-likeness (QED) is 0.882. The number of nitrogens with one attached hydrogen (secondary N) is 1. The van der Waals surface area contributed by atoms with Crippen molar-refractivity contribution in [2.24, 2.45) is 5.73 Å². The molecule has 0 aliphatic rings. The summed E-state index contributed by atoms with van der Waals surface area (Å²) < 4.78 is 32.1. The van der Waals surface area contributed by atoms with E-state index < -0.39 is 10.0 Å². The molecule has 0 atom stereocenters. The Morgan fingerprint density at radius 1 is 1.15 bits per heavy atom. The Balaban J connectivity index is 2.30. The minimum atomic E-state index is -3.63. The zero-order valence-electron chi connectivity index (χ0n) is 11.0. The van der Waals surface area contributed by atoms with E-state index in [0.717, 1.165) is 5.56 Å². The summed E-state index contributed by atoms with van der Waals surface area (Å²) in [7, 11) is -2.11. The zero-order valence-corrected chi connectivity index (χ0v) is 11.9. The van der Waals surface area contributed by atoms with E-state index in [0.29, 0.717) is 18.0 Å². The van der Waals surface area contributed by atoms with E-state index in [9.17, 15) is 8.42 Å². The molecule has 0 amide bonds. The average Bonchev–Trinajstić information content (AvgIpc) is 2.47. The first kappa shape index (κ1) is 14.4.